The Kier molecular flexibility index (Phi) is 6.76. The molecule has 0 bridgehead atoms. The number of nitro groups is 1. The van der Waals surface area contributed by atoms with Gasteiger partial charge in [0.05, 0.1) is 0 Å². The van der Waals surface area contributed by atoms with Crippen molar-refractivity contribution in [2.24, 2.45) is 5.73 Å². The summed E-state index contributed by atoms with van der Waals surface area (Å²) >= 11 is 0. The van der Waals surface area contributed by atoms with Crippen LogP contribution in [0.3, 0.4) is 0 Å². The fourth-order valence-corrected chi connectivity index (χ4v) is 0.127. The third kappa shape index (κ3) is 9.30. The van der Waals surface area contributed by atoms with Crippen molar-refractivity contribution in [3.8, 4) is 0 Å². The second-order valence-corrected chi connectivity index (χ2v) is 0.957. The van der Waals surface area contributed by atoms with E-state index in [0.29, 0.717) is 0 Å². The number of carbonyl (C=O) groups excluding carboxylic acids is 1. The number of primary amides is 1. The van der Waals surface area contributed by atoms with E-state index in [-0.39, 0.29) is 31.0 Å². The number of hydrogen-bond donors (Lipinski definition) is 1. The van der Waals surface area contributed by atoms with E-state index in [2.05, 4.69) is 5.73 Å². The van der Waals surface area contributed by atoms with Gasteiger partial charge in [-0.25, -0.2) is 0 Å². The first-order chi connectivity index (χ1) is 3.13. The molecule has 5 nitrogen and oxygen atoms in total. The molecule has 0 fully saturated rings. The molecule has 0 heterocycles. The largest absolute Gasteiger partial charge is 1.00 e. The first-order valence-corrected chi connectivity index (χ1v) is 1.53. The number of hydrogen-bond acceptors (Lipinski definition) is 3. The minimum Gasteiger partial charge on any atom is -1.00 e. The van der Waals surface area contributed by atoms with Crippen molar-refractivity contribution in [3.63, 3.8) is 0 Å². The average Bonchev–Trinajstić information content (AvgIpc) is 1.27. The van der Waals surface area contributed by atoms with Gasteiger partial charge in [-0.2, -0.15) is 0 Å². The molecule has 0 aliphatic carbocycles. The molecule has 1 amide bonds. The van der Waals surface area contributed by atoms with Crippen LogP contribution in [0.4, 0.5) is 0 Å². The summed E-state index contributed by atoms with van der Waals surface area (Å²) in [6, 6.07) is 0. The van der Waals surface area contributed by atoms with Gasteiger partial charge in [0.2, 0.25) is 0 Å². The third-order valence-corrected chi connectivity index (χ3v) is 0.285. The molecule has 2 N–H and O–H groups in total. The van der Waals surface area contributed by atoms with Crippen LogP contribution in [0.2, 0.25) is 0 Å². The zero-order valence-electron chi connectivity index (χ0n) is 5.46. The molecule has 0 rings (SSSR count). The summed E-state index contributed by atoms with van der Waals surface area (Å²) in [5, 5.41) is 9.31. The van der Waals surface area contributed by atoms with Crippen LogP contribution in [0.5, 0.6) is 0 Å². The van der Waals surface area contributed by atoms with E-state index in [1.54, 1.807) is 0 Å². The Morgan fingerprint density at radius 1 is 1.88 bits per heavy atom. The fourth-order valence-electron chi connectivity index (χ4n) is 0.127. The molecule has 42 valence electrons. The summed E-state index contributed by atoms with van der Waals surface area (Å²) in [7, 11) is 0. The van der Waals surface area contributed by atoms with Gasteiger partial charge in [0, 0.05) is 4.92 Å². The van der Waals surface area contributed by atoms with E-state index in [0.717, 1.165) is 0 Å². The topological polar surface area (TPSA) is 86.2 Å². The fraction of sp³-hybridized carbons (Fsp3) is 0.500. The van der Waals surface area contributed by atoms with Crippen LogP contribution >= 0.6 is 0 Å². The van der Waals surface area contributed by atoms with E-state index in [4.69, 9.17) is 0 Å². The number of carbonyl (C=O) groups is 1. The van der Waals surface area contributed by atoms with E-state index in [9.17, 15) is 14.9 Å². The molecule has 0 spiro atoms. The van der Waals surface area contributed by atoms with Crippen LogP contribution in [0, 0.1) is 10.1 Å². The second-order valence-electron chi connectivity index (χ2n) is 0.957. The molecule has 8 heavy (non-hydrogen) atoms. The van der Waals surface area contributed by atoms with Crippen molar-refractivity contribution < 1.29 is 40.7 Å². The van der Waals surface area contributed by atoms with Crippen LogP contribution in [-0.4, -0.2) is 17.4 Å². The zero-order valence-corrected chi connectivity index (χ0v) is 6.46. The number of rotatable bonds is 2. The number of nitrogens with zero attached hydrogens (tertiary/aromatic N) is 1. The minimum atomic E-state index is -0.912. The van der Waals surface area contributed by atoms with E-state index >= 15 is 0 Å². The van der Waals surface area contributed by atoms with Crippen LogP contribution in [0.1, 0.15) is 1.43 Å². The van der Waals surface area contributed by atoms with E-state index in [1.807, 2.05) is 0 Å². The van der Waals surface area contributed by atoms with Crippen LogP contribution in [-0.2, 0) is 4.79 Å². The summed E-state index contributed by atoms with van der Waals surface area (Å²) in [5.74, 6) is -0.912. The van der Waals surface area contributed by atoms with E-state index < -0.39 is 17.4 Å². The SMILES string of the molecule is NC(=O)C[N+](=O)[O-].[H-].[Na+]. The maximum Gasteiger partial charge on any atom is 1.00 e. The summed E-state index contributed by atoms with van der Waals surface area (Å²) in [4.78, 5) is 18.1. The first-order valence-electron chi connectivity index (χ1n) is 1.53. The van der Waals surface area contributed by atoms with Gasteiger partial charge in [0.15, 0.2) is 0 Å². The molecule has 0 aliphatic rings. The van der Waals surface area contributed by atoms with Crippen molar-refractivity contribution in [1.82, 2.24) is 0 Å². The summed E-state index contributed by atoms with van der Waals surface area (Å²) < 4.78 is 0. The quantitative estimate of drug-likeness (QED) is 0.233. The third-order valence-electron chi connectivity index (χ3n) is 0.285. The molecular formula is C2H5N2NaO3. The van der Waals surface area contributed by atoms with Gasteiger partial charge in [0.25, 0.3) is 12.5 Å². The molecule has 0 saturated carbocycles. The summed E-state index contributed by atoms with van der Waals surface area (Å²) in [6.45, 7) is -0.778. The molecule has 0 aromatic rings. The Balaban J connectivity index is -0.000000180. The maximum atomic E-state index is 9.59. The van der Waals surface area contributed by atoms with Crippen molar-refractivity contribution in [2.75, 3.05) is 6.54 Å². The van der Waals surface area contributed by atoms with Crippen LogP contribution < -0.4 is 35.3 Å². The predicted octanol–water partition coefficient (Wildman–Crippen LogP) is -4.14. The molecule has 6 heteroatoms. The Labute approximate surface area is 69.2 Å². The van der Waals surface area contributed by atoms with Gasteiger partial charge < -0.3 is 7.16 Å². The molecule has 0 aromatic carbocycles. The Morgan fingerprint density at radius 2 is 2.25 bits per heavy atom. The van der Waals surface area contributed by atoms with Crippen molar-refractivity contribution in [3.05, 3.63) is 10.1 Å². The van der Waals surface area contributed by atoms with Gasteiger partial charge in [-0.3, -0.25) is 14.9 Å². The van der Waals surface area contributed by atoms with Crippen molar-refractivity contribution in [1.29, 1.82) is 0 Å². The number of amides is 1. The summed E-state index contributed by atoms with van der Waals surface area (Å²) in [6.07, 6.45) is 0. The van der Waals surface area contributed by atoms with Crippen LogP contribution in [0.15, 0.2) is 0 Å². The predicted molar refractivity (Wildman–Crippen MR) is 22.2 cm³/mol. The molecule has 0 unspecified atom stereocenters. The van der Waals surface area contributed by atoms with Gasteiger partial charge in [-0.1, -0.05) is 0 Å². The molecule has 0 atom stereocenters. The average molecular weight is 128 g/mol. The molecule has 0 aromatic heterocycles. The van der Waals surface area contributed by atoms with E-state index in [1.165, 1.54) is 0 Å². The maximum absolute atomic E-state index is 9.59. The monoisotopic (exact) mass is 128 g/mol. The number of nitrogens with two attached hydrogens (primary N) is 1. The Hall–Kier alpha value is -0.130. The second kappa shape index (κ2) is 5.02. The first kappa shape index (κ1) is 10.8. The molecular weight excluding hydrogens is 123 g/mol. The van der Waals surface area contributed by atoms with Gasteiger partial charge in [-0.15, -0.1) is 0 Å². The van der Waals surface area contributed by atoms with Crippen LogP contribution in [0.25, 0.3) is 0 Å². The van der Waals surface area contributed by atoms with Gasteiger partial charge >= 0.3 is 29.6 Å². The zero-order chi connectivity index (χ0) is 5.86. The standard InChI is InChI=1S/C2H4N2O3.Na.H/c3-2(5)1-4(6)7;;/h1H2,(H2,3,5);;/q;+1;-1. The normalized spacial score (nSPS) is 7.00. The molecule has 0 saturated heterocycles. The summed E-state index contributed by atoms with van der Waals surface area (Å²) in [5.41, 5.74) is 4.41. The van der Waals surface area contributed by atoms with Crippen molar-refractivity contribution >= 4 is 5.91 Å². The molecule has 0 aliphatic heterocycles. The smallest absolute Gasteiger partial charge is 1.00 e. The minimum absolute atomic E-state index is 0. The van der Waals surface area contributed by atoms with Gasteiger partial charge in [-0.05, 0) is 0 Å². The Morgan fingerprint density at radius 3 is 2.25 bits per heavy atom. The van der Waals surface area contributed by atoms with Crippen molar-refractivity contribution in [2.45, 2.75) is 0 Å². The van der Waals surface area contributed by atoms with Gasteiger partial charge in [0.1, 0.15) is 0 Å². The molecule has 0 radical (unpaired) electrons. The Bertz CT molecular complexity index is 96.0.